The van der Waals surface area contributed by atoms with E-state index in [4.69, 9.17) is 0 Å². The van der Waals surface area contributed by atoms with Crippen molar-refractivity contribution in [1.29, 1.82) is 0 Å². The fourth-order valence-electron chi connectivity index (χ4n) is 3.17. The molecule has 0 aromatic heterocycles. The van der Waals surface area contributed by atoms with Crippen molar-refractivity contribution < 1.29 is 0 Å². The largest absolute Gasteiger partial charge is 0.0917 e. The molecule has 0 radical (unpaired) electrons. The molecular weight excluding hydrogens is 240 g/mol. The van der Waals surface area contributed by atoms with E-state index in [1.807, 2.05) is 0 Å². The molecule has 1 atom stereocenters. The minimum Gasteiger partial charge on any atom is -0.0917 e. The minimum atomic E-state index is 0.686. The van der Waals surface area contributed by atoms with E-state index in [0.717, 1.165) is 6.42 Å². The quantitative estimate of drug-likeness (QED) is 0.542. The van der Waals surface area contributed by atoms with Crippen LogP contribution in [0.3, 0.4) is 0 Å². The molecule has 0 fully saturated rings. The van der Waals surface area contributed by atoms with Gasteiger partial charge in [0.05, 0.1) is 0 Å². The average molecular weight is 266 g/mol. The highest BCUT2D eigenvalue weighted by atomic mass is 14.2. The SMILES string of the molecule is CC=CCCC(CC)c1ccc2ccccc2c1CC. The minimum absolute atomic E-state index is 0.686. The van der Waals surface area contributed by atoms with Crippen LogP contribution in [0, 0.1) is 0 Å². The lowest BCUT2D eigenvalue weighted by Crippen LogP contribution is -2.02. The number of aryl methyl sites for hydroxylation is 1. The summed E-state index contributed by atoms with van der Waals surface area (Å²) in [7, 11) is 0. The van der Waals surface area contributed by atoms with Crippen LogP contribution in [0.1, 0.15) is 57.1 Å². The first-order chi connectivity index (χ1) is 9.81. The molecule has 20 heavy (non-hydrogen) atoms. The van der Waals surface area contributed by atoms with Crippen LogP contribution < -0.4 is 0 Å². The number of hydrogen-bond acceptors (Lipinski definition) is 0. The lowest BCUT2D eigenvalue weighted by molar-refractivity contribution is 0.608. The van der Waals surface area contributed by atoms with E-state index in [2.05, 4.69) is 69.3 Å². The molecule has 0 amide bonds. The van der Waals surface area contributed by atoms with Crippen LogP contribution in [-0.4, -0.2) is 0 Å². The van der Waals surface area contributed by atoms with Crippen molar-refractivity contribution in [3.8, 4) is 0 Å². The van der Waals surface area contributed by atoms with Gasteiger partial charge in [-0.1, -0.05) is 62.4 Å². The molecule has 0 aliphatic carbocycles. The molecule has 0 saturated carbocycles. The van der Waals surface area contributed by atoms with Gasteiger partial charge in [-0.25, -0.2) is 0 Å². The van der Waals surface area contributed by atoms with Crippen molar-refractivity contribution in [3.63, 3.8) is 0 Å². The van der Waals surface area contributed by atoms with Crippen molar-refractivity contribution in [2.45, 2.75) is 52.4 Å². The first-order valence-corrected chi connectivity index (χ1v) is 7.93. The lowest BCUT2D eigenvalue weighted by atomic mass is 9.85. The predicted molar refractivity (Wildman–Crippen MR) is 90.4 cm³/mol. The molecule has 0 saturated heterocycles. The molecular formula is C20H26. The first-order valence-electron chi connectivity index (χ1n) is 7.93. The molecule has 0 heterocycles. The van der Waals surface area contributed by atoms with Gasteiger partial charge in [0.1, 0.15) is 0 Å². The molecule has 0 spiro atoms. The van der Waals surface area contributed by atoms with Crippen molar-refractivity contribution in [2.75, 3.05) is 0 Å². The van der Waals surface area contributed by atoms with Crippen LogP contribution in [-0.2, 0) is 6.42 Å². The Balaban J connectivity index is 2.41. The molecule has 1 unspecified atom stereocenters. The Morgan fingerprint density at radius 2 is 1.85 bits per heavy atom. The van der Waals surface area contributed by atoms with Gasteiger partial charge in [0.2, 0.25) is 0 Å². The Morgan fingerprint density at radius 3 is 2.55 bits per heavy atom. The maximum Gasteiger partial charge on any atom is -0.0149 e. The van der Waals surface area contributed by atoms with Crippen molar-refractivity contribution >= 4 is 10.8 Å². The van der Waals surface area contributed by atoms with Gasteiger partial charge in [-0.05, 0) is 60.4 Å². The van der Waals surface area contributed by atoms with Gasteiger partial charge in [-0.15, -0.1) is 0 Å². The molecule has 0 aliphatic heterocycles. The van der Waals surface area contributed by atoms with Gasteiger partial charge in [0, 0.05) is 0 Å². The van der Waals surface area contributed by atoms with Crippen LogP contribution in [0.25, 0.3) is 10.8 Å². The Hall–Kier alpha value is -1.56. The van der Waals surface area contributed by atoms with Gasteiger partial charge in [-0.3, -0.25) is 0 Å². The Morgan fingerprint density at radius 1 is 1.05 bits per heavy atom. The number of benzene rings is 2. The zero-order valence-corrected chi connectivity index (χ0v) is 13.0. The smallest absolute Gasteiger partial charge is 0.0149 e. The maximum atomic E-state index is 2.37. The summed E-state index contributed by atoms with van der Waals surface area (Å²) in [6.45, 7) is 6.70. The maximum absolute atomic E-state index is 2.37. The van der Waals surface area contributed by atoms with E-state index in [0.29, 0.717) is 5.92 Å². The first kappa shape index (κ1) is 14.8. The Labute approximate surface area is 123 Å². The van der Waals surface area contributed by atoms with E-state index < -0.39 is 0 Å². The summed E-state index contributed by atoms with van der Waals surface area (Å²) in [5.41, 5.74) is 3.12. The van der Waals surface area contributed by atoms with Gasteiger partial charge < -0.3 is 0 Å². The van der Waals surface area contributed by atoms with Crippen LogP contribution in [0.4, 0.5) is 0 Å². The molecule has 2 aromatic rings. The summed E-state index contributed by atoms with van der Waals surface area (Å²) in [6, 6.07) is 13.4. The number of hydrogen-bond donors (Lipinski definition) is 0. The molecule has 2 rings (SSSR count). The second-order valence-electron chi connectivity index (χ2n) is 5.46. The zero-order valence-electron chi connectivity index (χ0n) is 13.0. The average Bonchev–Trinajstić information content (AvgIpc) is 2.50. The highest BCUT2D eigenvalue weighted by molar-refractivity contribution is 5.87. The van der Waals surface area contributed by atoms with Crippen LogP contribution in [0.5, 0.6) is 0 Å². The normalized spacial score (nSPS) is 13.2. The van der Waals surface area contributed by atoms with Gasteiger partial charge in [0.25, 0.3) is 0 Å². The van der Waals surface area contributed by atoms with E-state index >= 15 is 0 Å². The summed E-state index contributed by atoms with van der Waals surface area (Å²) in [5, 5.41) is 2.81. The predicted octanol–water partition coefficient (Wildman–Crippen LogP) is 6.25. The van der Waals surface area contributed by atoms with E-state index in [1.54, 1.807) is 11.1 Å². The number of fused-ring (bicyclic) bond motifs is 1. The van der Waals surface area contributed by atoms with Crippen molar-refractivity contribution in [1.82, 2.24) is 0 Å². The fraction of sp³-hybridized carbons (Fsp3) is 0.400. The van der Waals surface area contributed by atoms with Crippen molar-refractivity contribution in [2.24, 2.45) is 0 Å². The van der Waals surface area contributed by atoms with E-state index in [9.17, 15) is 0 Å². The van der Waals surface area contributed by atoms with Gasteiger partial charge in [0.15, 0.2) is 0 Å². The van der Waals surface area contributed by atoms with Gasteiger partial charge >= 0.3 is 0 Å². The Kier molecular flexibility index (Phi) is 5.40. The molecule has 0 nitrogen and oxygen atoms in total. The molecule has 0 aliphatic rings. The molecule has 0 N–H and O–H groups in total. The van der Waals surface area contributed by atoms with Crippen molar-refractivity contribution in [3.05, 3.63) is 59.7 Å². The Bertz CT molecular complexity index is 578. The third kappa shape index (κ3) is 3.12. The monoisotopic (exact) mass is 266 g/mol. The molecule has 2 aromatic carbocycles. The van der Waals surface area contributed by atoms with Gasteiger partial charge in [-0.2, -0.15) is 0 Å². The number of allylic oxidation sites excluding steroid dienone is 2. The highest BCUT2D eigenvalue weighted by Gasteiger charge is 2.14. The van der Waals surface area contributed by atoms with Crippen LogP contribution >= 0.6 is 0 Å². The summed E-state index contributed by atoms with van der Waals surface area (Å²) in [4.78, 5) is 0. The summed E-state index contributed by atoms with van der Waals surface area (Å²) >= 11 is 0. The third-order valence-electron chi connectivity index (χ3n) is 4.28. The van der Waals surface area contributed by atoms with Crippen LogP contribution in [0.15, 0.2) is 48.6 Å². The topological polar surface area (TPSA) is 0 Å². The standard InChI is InChI=1S/C20H26/c1-4-7-8-11-16(5-2)20-15-14-17-12-9-10-13-19(17)18(20)6-3/h4,7,9-10,12-16H,5-6,8,11H2,1-3H3. The molecule has 0 heteroatoms. The summed E-state index contributed by atoms with van der Waals surface area (Å²) in [6.07, 6.45) is 9.24. The second kappa shape index (κ2) is 7.28. The van der Waals surface area contributed by atoms with E-state index in [1.165, 1.54) is 30.0 Å². The third-order valence-corrected chi connectivity index (χ3v) is 4.28. The van der Waals surface area contributed by atoms with Crippen LogP contribution in [0.2, 0.25) is 0 Å². The molecule has 0 bridgehead atoms. The lowest BCUT2D eigenvalue weighted by Gasteiger charge is -2.20. The fourth-order valence-corrected chi connectivity index (χ4v) is 3.17. The zero-order chi connectivity index (χ0) is 14.4. The number of rotatable bonds is 6. The summed E-state index contributed by atoms with van der Waals surface area (Å²) < 4.78 is 0. The molecule has 106 valence electrons. The second-order valence-corrected chi connectivity index (χ2v) is 5.46. The highest BCUT2D eigenvalue weighted by Crippen LogP contribution is 2.32. The van der Waals surface area contributed by atoms with E-state index in [-0.39, 0.29) is 0 Å². The summed E-state index contributed by atoms with van der Waals surface area (Å²) in [5.74, 6) is 0.686.